The predicted molar refractivity (Wildman–Crippen MR) is 59.5 cm³/mol. The second-order valence-electron chi connectivity index (χ2n) is 3.34. The van der Waals surface area contributed by atoms with Gasteiger partial charge in [-0.15, -0.1) is 0 Å². The largest absolute Gasteiger partial charge is 0.396 e. The van der Waals surface area contributed by atoms with E-state index in [1.807, 2.05) is 0 Å². The van der Waals surface area contributed by atoms with Crippen LogP contribution in [0.15, 0.2) is 18.5 Å². The number of nitrogen functional groups attached to an aromatic ring is 1. The van der Waals surface area contributed by atoms with Crippen LogP contribution in [-0.2, 0) is 10.2 Å². The van der Waals surface area contributed by atoms with E-state index in [1.165, 1.54) is 18.5 Å². The lowest BCUT2D eigenvalue weighted by Crippen LogP contribution is -2.35. The number of nitrogens with one attached hydrogen (secondary N) is 2. The molecule has 0 aliphatic carbocycles. The SMILES string of the molecule is CC(C)NS(=O)(=O)Nc1ccncc1N. The molecule has 1 heterocycles. The zero-order valence-corrected chi connectivity index (χ0v) is 9.38. The average Bonchev–Trinajstić information content (AvgIpc) is 2.06. The molecule has 0 saturated carbocycles. The maximum Gasteiger partial charge on any atom is 0.299 e. The van der Waals surface area contributed by atoms with Crippen LogP contribution in [0, 0.1) is 0 Å². The van der Waals surface area contributed by atoms with E-state index in [0.29, 0.717) is 5.69 Å². The molecule has 0 bridgehead atoms. The van der Waals surface area contributed by atoms with Crippen LogP contribution in [0.25, 0.3) is 0 Å². The van der Waals surface area contributed by atoms with Crippen LogP contribution in [0.3, 0.4) is 0 Å². The summed E-state index contributed by atoms with van der Waals surface area (Å²) < 4.78 is 27.6. The number of pyridine rings is 1. The Morgan fingerprint density at radius 2 is 2.13 bits per heavy atom. The topological polar surface area (TPSA) is 97.1 Å². The van der Waals surface area contributed by atoms with Gasteiger partial charge in [0.25, 0.3) is 10.2 Å². The van der Waals surface area contributed by atoms with Crippen LogP contribution in [0.5, 0.6) is 0 Å². The molecular weight excluding hydrogens is 216 g/mol. The van der Waals surface area contributed by atoms with Gasteiger partial charge in [-0.05, 0) is 19.9 Å². The van der Waals surface area contributed by atoms with E-state index in [2.05, 4.69) is 14.4 Å². The van der Waals surface area contributed by atoms with Gasteiger partial charge in [-0.1, -0.05) is 0 Å². The lowest BCUT2D eigenvalue weighted by molar-refractivity contribution is 0.575. The molecule has 4 N–H and O–H groups in total. The van der Waals surface area contributed by atoms with Gasteiger partial charge in [0.1, 0.15) is 0 Å². The standard InChI is InChI=1S/C8H14N4O2S/c1-6(2)11-15(13,14)12-8-3-4-10-5-7(8)9/h3-6,11H,9H2,1-2H3,(H,10,12). The van der Waals surface area contributed by atoms with Crippen molar-refractivity contribution in [1.82, 2.24) is 9.71 Å². The fraction of sp³-hybridized carbons (Fsp3) is 0.375. The summed E-state index contributed by atoms with van der Waals surface area (Å²) in [6, 6.07) is 1.32. The van der Waals surface area contributed by atoms with E-state index >= 15 is 0 Å². The minimum Gasteiger partial charge on any atom is -0.396 e. The van der Waals surface area contributed by atoms with Crippen molar-refractivity contribution < 1.29 is 8.42 Å². The molecule has 0 atom stereocenters. The molecule has 0 saturated heterocycles. The zero-order valence-electron chi connectivity index (χ0n) is 8.56. The third-order valence-electron chi connectivity index (χ3n) is 1.49. The number of hydrogen-bond acceptors (Lipinski definition) is 4. The van der Waals surface area contributed by atoms with Gasteiger partial charge in [-0.25, -0.2) is 0 Å². The first-order valence-electron chi connectivity index (χ1n) is 4.40. The van der Waals surface area contributed by atoms with Crippen molar-refractivity contribution in [3.05, 3.63) is 18.5 Å². The van der Waals surface area contributed by atoms with E-state index in [1.54, 1.807) is 13.8 Å². The molecule has 0 aliphatic heterocycles. The van der Waals surface area contributed by atoms with Crippen molar-refractivity contribution in [3.8, 4) is 0 Å². The van der Waals surface area contributed by atoms with E-state index in [0.717, 1.165) is 0 Å². The first-order chi connectivity index (χ1) is 6.91. The van der Waals surface area contributed by atoms with Crippen LogP contribution in [-0.4, -0.2) is 19.4 Å². The summed E-state index contributed by atoms with van der Waals surface area (Å²) in [5, 5.41) is 0. The maximum absolute atomic E-state index is 11.5. The first-order valence-corrected chi connectivity index (χ1v) is 5.88. The lowest BCUT2D eigenvalue weighted by atomic mass is 10.4. The summed E-state index contributed by atoms with van der Waals surface area (Å²) in [6.07, 6.45) is 2.84. The Hall–Kier alpha value is -1.34. The van der Waals surface area contributed by atoms with Crippen molar-refractivity contribution in [1.29, 1.82) is 0 Å². The summed E-state index contributed by atoms with van der Waals surface area (Å²) in [6.45, 7) is 3.46. The Morgan fingerprint density at radius 1 is 1.47 bits per heavy atom. The lowest BCUT2D eigenvalue weighted by Gasteiger charge is -2.12. The van der Waals surface area contributed by atoms with Gasteiger partial charge in [-0.2, -0.15) is 13.1 Å². The molecule has 0 amide bonds. The van der Waals surface area contributed by atoms with Crippen LogP contribution in [0.4, 0.5) is 11.4 Å². The number of nitrogens with two attached hydrogens (primary N) is 1. The number of nitrogens with zero attached hydrogens (tertiary/aromatic N) is 1. The van der Waals surface area contributed by atoms with Crippen LogP contribution < -0.4 is 15.2 Å². The molecule has 0 fully saturated rings. The fourth-order valence-corrected chi connectivity index (χ4v) is 2.14. The van der Waals surface area contributed by atoms with Crippen LogP contribution >= 0.6 is 0 Å². The highest BCUT2D eigenvalue weighted by Gasteiger charge is 2.12. The molecule has 1 rings (SSSR count). The minimum absolute atomic E-state index is 0.175. The van der Waals surface area contributed by atoms with E-state index in [9.17, 15) is 8.42 Å². The van der Waals surface area contributed by atoms with Gasteiger partial charge >= 0.3 is 0 Å². The van der Waals surface area contributed by atoms with Gasteiger partial charge in [0.15, 0.2) is 0 Å². The van der Waals surface area contributed by atoms with Crippen molar-refractivity contribution >= 4 is 21.6 Å². The Morgan fingerprint density at radius 3 is 2.67 bits per heavy atom. The van der Waals surface area contributed by atoms with E-state index in [4.69, 9.17) is 5.73 Å². The highest BCUT2D eigenvalue weighted by molar-refractivity contribution is 7.90. The molecule has 1 aromatic rings. The van der Waals surface area contributed by atoms with Gasteiger partial charge < -0.3 is 5.73 Å². The highest BCUT2D eigenvalue weighted by atomic mass is 32.2. The Bertz CT molecular complexity index is 430. The average molecular weight is 230 g/mol. The van der Waals surface area contributed by atoms with Gasteiger partial charge in [-0.3, -0.25) is 9.71 Å². The smallest absolute Gasteiger partial charge is 0.299 e. The predicted octanol–water partition coefficient (Wildman–Crippen LogP) is 0.318. The zero-order chi connectivity index (χ0) is 11.5. The third kappa shape index (κ3) is 3.72. The maximum atomic E-state index is 11.5. The summed E-state index contributed by atoms with van der Waals surface area (Å²) in [4.78, 5) is 3.76. The van der Waals surface area contributed by atoms with Gasteiger partial charge in [0.2, 0.25) is 0 Å². The Labute approximate surface area is 89.1 Å². The normalized spacial score (nSPS) is 11.7. The van der Waals surface area contributed by atoms with Crippen molar-refractivity contribution in [2.75, 3.05) is 10.5 Å². The van der Waals surface area contributed by atoms with Gasteiger partial charge in [0, 0.05) is 12.2 Å². The molecule has 84 valence electrons. The second-order valence-corrected chi connectivity index (χ2v) is 4.79. The molecular formula is C8H14N4O2S. The molecule has 0 radical (unpaired) electrons. The fourth-order valence-electron chi connectivity index (χ4n) is 0.984. The summed E-state index contributed by atoms with van der Waals surface area (Å²) in [5.74, 6) is 0. The summed E-state index contributed by atoms with van der Waals surface area (Å²) in [7, 11) is -3.56. The Balaban J connectivity index is 2.83. The highest BCUT2D eigenvalue weighted by Crippen LogP contribution is 2.16. The number of anilines is 2. The minimum atomic E-state index is -3.56. The quantitative estimate of drug-likeness (QED) is 0.693. The molecule has 15 heavy (non-hydrogen) atoms. The number of rotatable bonds is 4. The summed E-state index contributed by atoms with van der Waals surface area (Å²) in [5.41, 5.74) is 6.14. The van der Waals surface area contributed by atoms with Crippen LogP contribution in [0.2, 0.25) is 0 Å². The number of aromatic nitrogens is 1. The van der Waals surface area contributed by atoms with Crippen molar-refractivity contribution in [3.63, 3.8) is 0 Å². The third-order valence-corrected chi connectivity index (χ3v) is 2.76. The van der Waals surface area contributed by atoms with Crippen LogP contribution in [0.1, 0.15) is 13.8 Å². The molecule has 6 nitrogen and oxygen atoms in total. The van der Waals surface area contributed by atoms with Gasteiger partial charge in [0.05, 0.1) is 17.6 Å². The monoisotopic (exact) mass is 230 g/mol. The van der Waals surface area contributed by atoms with E-state index < -0.39 is 10.2 Å². The van der Waals surface area contributed by atoms with E-state index in [-0.39, 0.29) is 11.7 Å². The summed E-state index contributed by atoms with van der Waals surface area (Å²) >= 11 is 0. The van der Waals surface area contributed by atoms with Crippen molar-refractivity contribution in [2.24, 2.45) is 0 Å². The molecule has 0 aliphatic rings. The molecule has 7 heteroatoms. The first kappa shape index (κ1) is 11.7. The van der Waals surface area contributed by atoms with Crippen molar-refractivity contribution in [2.45, 2.75) is 19.9 Å². The molecule has 1 aromatic heterocycles. The molecule has 0 unspecified atom stereocenters. The Kier molecular flexibility index (Phi) is 3.48. The second kappa shape index (κ2) is 4.45. The number of hydrogen-bond donors (Lipinski definition) is 3. The molecule has 0 aromatic carbocycles. The molecule has 0 spiro atoms.